The molecule has 0 aliphatic rings. The van der Waals surface area contributed by atoms with Crippen LogP contribution in [0.3, 0.4) is 0 Å². The molecule has 3 rings (SSSR count). The van der Waals surface area contributed by atoms with E-state index in [1.807, 2.05) is 0 Å². The van der Waals surface area contributed by atoms with E-state index in [1.165, 1.54) is 34.1 Å². The fourth-order valence-electron chi connectivity index (χ4n) is 2.42. The second kappa shape index (κ2) is 8.98. The zero-order valence-corrected chi connectivity index (χ0v) is 16.1. The first-order valence-electron chi connectivity index (χ1n) is 8.05. The van der Waals surface area contributed by atoms with Gasteiger partial charge in [-0.05, 0) is 23.6 Å². The monoisotopic (exact) mass is 423 g/mol. The highest BCUT2D eigenvalue weighted by Crippen LogP contribution is 2.26. The van der Waals surface area contributed by atoms with E-state index in [2.05, 4.69) is 21.6 Å². The number of carbonyl (C=O) groups is 1. The van der Waals surface area contributed by atoms with Crippen molar-refractivity contribution in [2.75, 3.05) is 11.1 Å². The number of carbonyl (C=O) groups excluding carboxylic acids is 1. The predicted octanol–water partition coefficient (Wildman–Crippen LogP) is 3.98. The third-order valence-electron chi connectivity index (χ3n) is 3.57. The molecule has 2 heterocycles. The summed E-state index contributed by atoms with van der Waals surface area (Å²) in [7, 11) is 0. The van der Waals surface area contributed by atoms with Crippen LogP contribution in [-0.2, 0) is 11.3 Å². The number of fused-ring (bicyclic) bond motifs is 1. The van der Waals surface area contributed by atoms with Crippen molar-refractivity contribution in [1.82, 2.24) is 9.55 Å². The molecule has 0 bridgehead atoms. The highest BCUT2D eigenvalue weighted by Gasteiger charge is 2.15. The van der Waals surface area contributed by atoms with E-state index in [0.717, 1.165) is 11.8 Å². The standard InChI is InChI=1S/C18H15F2N3O3S2/c1-2-8-23-16(25)11-7-9-27-15(11)22-18(23)28-10-14(24)21-12-5-3-4-6-13(12)26-17(19)20/h2-7,9,17H,1,8,10H2,(H,21,24). The van der Waals surface area contributed by atoms with Crippen LogP contribution in [-0.4, -0.2) is 27.8 Å². The number of hydrogen-bond acceptors (Lipinski definition) is 6. The van der Waals surface area contributed by atoms with Gasteiger partial charge in [0.25, 0.3) is 5.56 Å². The molecular weight excluding hydrogens is 408 g/mol. The molecule has 3 aromatic rings. The van der Waals surface area contributed by atoms with Crippen molar-refractivity contribution in [2.45, 2.75) is 18.3 Å². The number of thioether (sulfide) groups is 1. The molecule has 0 atom stereocenters. The summed E-state index contributed by atoms with van der Waals surface area (Å²) in [5.41, 5.74) is -0.0664. The maximum absolute atomic E-state index is 12.6. The van der Waals surface area contributed by atoms with Crippen LogP contribution in [0.15, 0.2) is 58.3 Å². The number of benzene rings is 1. The summed E-state index contributed by atoms with van der Waals surface area (Å²) in [6.07, 6.45) is 1.57. The maximum atomic E-state index is 12.6. The number of aromatic nitrogens is 2. The molecule has 2 aromatic heterocycles. The summed E-state index contributed by atoms with van der Waals surface area (Å²) in [4.78, 5) is 29.9. The molecule has 0 unspecified atom stereocenters. The quantitative estimate of drug-likeness (QED) is 0.337. The molecule has 1 aromatic carbocycles. The lowest BCUT2D eigenvalue weighted by Gasteiger charge is -2.12. The summed E-state index contributed by atoms with van der Waals surface area (Å²) in [5.74, 6) is -0.637. The second-order valence-electron chi connectivity index (χ2n) is 5.45. The van der Waals surface area contributed by atoms with E-state index < -0.39 is 12.5 Å². The molecule has 146 valence electrons. The minimum absolute atomic E-state index is 0.0660. The Hall–Kier alpha value is -2.72. The molecule has 1 amide bonds. The molecule has 1 N–H and O–H groups in total. The van der Waals surface area contributed by atoms with Gasteiger partial charge >= 0.3 is 6.61 Å². The number of amides is 1. The average Bonchev–Trinajstić information content (AvgIpc) is 3.13. The summed E-state index contributed by atoms with van der Waals surface area (Å²) in [5, 5.41) is 5.20. The molecular formula is C18H15F2N3O3S2. The predicted molar refractivity (Wildman–Crippen MR) is 107 cm³/mol. The van der Waals surface area contributed by atoms with Crippen LogP contribution < -0.4 is 15.6 Å². The summed E-state index contributed by atoms with van der Waals surface area (Å²) < 4.78 is 30.8. The van der Waals surface area contributed by atoms with E-state index in [1.54, 1.807) is 23.6 Å². The highest BCUT2D eigenvalue weighted by atomic mass is 32.2. The molecule has 28 heavy (non-hydrogen) atoms. The van der Waals surface area contributed by atoms with Crippen molar-refractivity contribution in [1.29, 1.82) is 0 Å². The van der Waals surface area contributed by atoms with Crippen LogP contribution in [0, 0.1) is 0 Å². The Kier molecular flexibility index (Phi) is 6.42. The Morgan fingerprint density at radius 1 is 1.39 bits per heavy atom. The van der Waals surface area contributed by atoms with Crippen molar-refractivity contribution >= 4 is 44.9 Å². The molecule has 0 fully saturated rings. The lowest BCUT2D eigenvalue weighted by Crippen LogP contribution is -2.23. The molecule has 10 heteroatoms. The zero-order chi connectivity index (χ0) is 20.1. The van der Waals surface area contributed by atoms with Crippen LogP contribution in [0.5, 0.6) is 5.75 Å². The van der Waals surface area contributed by atoms with Crippen molar-refractivity contribution < 1.29 is 18.3 Å². The van der Waals surface area contributed by atoms with E-state index in [0.29, 0.717) is 15.4 Å². The molecule has 0 saturated carbocycles. The first-order valence-corrected chi connectivity index (χ1v) is 9.91. The number of rotatable bonds is 8. The number of allylic oxidation sites excluding steroid dienone is 1. The van der Waals surface area contributed by atoms with Crippen LogP contribution in [0.1, 0.15) is 0 Å². The van der Waals surface area contributed by atoms with E-state index in [4.69, 9.17) is 0 Å². The number of nitrogens with zero attached hydrogens (tertiary/aromatic N) is 2. The summed E-state index contributed by atoms with van der Waals surface area (Å²) >= 11 is 2.41. The third kappa shape index (κ3) is 4.57. The fraction of sp³-hybridized carbons (Fsp3) is 0.167. The van der Waals surface area contributed by atoms with Gasteiger partial charge < -0.3 is 10.1 Å². The van der Waals surface area contributed by atoms with Gasteiger partial charge in [-0.2, -0.15) is 8.78 Å². The molecule has 0 aliphatic heterocycles. The SMILES string of the molecule is C=CCn1c(SCC(=O)Nc2ccccc2OC(F)F)nc2sccc2c1=O. The van der Waals surface area contributed by atoms with Gasteiger partial charge in [0, 0.05) is 6.54 Å². The number of thiophene rings is 1. The van der Waals surface area contributed by atoms with Gasteiger partial charge in [-0.25, -0.2) is 4.98 Å². The maximum Gasteiger partial charge on any atom is 0.387 e. The zero-order valence-electron chi connectivity index (χ0n) is 14.4. The number of alkyl halides is 2. The molecule has 0 spiro atoms. The Bertz CT molecular complexity index is 1070. The number of halogens is 2. The third-order valence-corrected chi connectivity index (χ3v) is 5.35. The summed E-state index contributed by atoms with van der Waals surface area (Å²) in [6, 6.07) is 7.62. The van der Waals surface area contributed by atoms with Crippen LogP contribution in [0.25, 0.3) is 10.2 Å². The largest absolute Gasteiger partial charge is 0.433 e. The minimum atomic E-state index is -3.00. The lowest BCUT2D eigenvalue weighted by molar-refractivity contribution is -0.113. The van der Waals surface area contributed by atoms with Gasteiger partial charge in [-0.3, -0.25) is 14.2 Å². The van der Waals surface area contributed by atoms with Gasteiger partial charge in [-0.15, -0.1) is 17.9 Å². The van der Waals surface area contributed by atoms with Crippen LogP contribution >= 0.6 is 23.1 Å². The Morgan fingerprint density at radius 2 is 2.18 bits per heavy atom. The van der Waals surface area contributed by atoms with Crippen molar-refractivity contribution in [3.05, 3.63) is 58.7 Å². The lowest BCUT2D eigenvalue weighted by atomic mass is 10.3. The number of nitrogens with one attached hydrogen (secondary N) is 1. The number of hydrogen-bond donors (Lipinski definition) is 1. The van der Waals surface area contributed by atoms with Gasteiger partial charge in [0.2, 0.25) is 5.91 Å². The fourth-order valence-corrected chi connectivity index (χ4v) is 4.03. The topological polar surface area (TPSA) is 73.2 Å². The first-order chi connectivity index (χ1) is 13.5. The number of ether oxygens (including phenoxy) is 1. The van der Waals surface area contributed by atoms with E-state index >= 15 is 0 Å². The van der Waals surface area contributed by atoms with Crippen molar-refractivity contribution in [3.63, 3.8) is 0 Å². The van der Waals surface area contributed by atoms with Crippen molar-refractivity contribution in [2.24, 2.45) is 0 Å². The Morgan fingerprint density at radius 3 is 2.93 bits per heavy atom. The molecule has 0 radical (unpaired) electrons. The highest BCUT2D eigenvalue weighted by molar-refractivity contribution is 7.99. The Labute approximate surface area is 166 Å². The van der Waals surface area contributed by atoms with Crippen LogP contribution in [0.2, 0.25) is 0 Å². The number of anilines is 1. The first kappa shape index (κ1) is 20.0. The molecule has 6 nitrogen and oxygen atoms in total. The van der Waals surface area contributed by atoms with Crippen LogP contribution in [0.4, 0.5) is 14.5 Å². The number of para-hydroxylation sites is 2. The van der Waals surface area contributed by atoms with Gasteiger partial charge in [0.15, 0.2) is 5.16 Å². The van der Waals surface area contributed by atoms with Crippen molar-refractivity contribution in [3.8, 4) is 5.75 Å². The average molecular weight is 423 g/mol. The second-order valence-corrected chi connectivity index (χ2v) is 7.29. The Balaban J connectivity index is 1.76. The van der Waals surface area contributed by atoms with E-state index in [9.17, 15) is 18.4 Å². The van der Waals surface area contributed by atoms with Gasteiger partial charge in [0.05, 0.1) is 16.8 Å². The smallest absolute Gasteiger partial charge is 0.387 e. The van der Waals surface area contributed by atoms with E-state index in [-0.39, 0.29) is 29.3 Å². The molecule has 0 aliphatic carbocycles. The molecule has 0 saturated heterocycles. The van der Waals surface area contributed by atoms with Gasteiger partial charge in [0.1, 0.15) is 10.6 Å². The normalized spacial score (nSPS) is 11.0. The minimum Gasteiger partial charge on any atom is -0.433 e. The van der Waals surface area contributed by atoms with Gasteiger partial charge in [-0.1, -0.05) is 30.0 Å². The summed E-state index contributed by atoms with van der Waals surface area (Å²) in [6.45, 7) is 0.901.